The van der Waals surface area contributed by atoms with E-state index >= 15 is 0 Å². The number of anilines is 1. The summed E-state index contributed by atoms with van der Waals surface area (Å²) in [5.41, 5.74) is 8.89. The number of carbonyl (C=O) groups excluding carboxylic acids is 3. The van der Waals surface area contributed by atoms with Gasteiger partial charge in [0.2, 0.25) is 0 Å². The summed E-state index contributed by atoms with van der Waals surface area (Å²) in [5.74, 6) is -1.62. The van der Waals surface area contributed by atoms with Crippen LogP contribution in [0.3, 0.4) is 0 Å². The van der Waals surface area contributed by atoms with E-state index in [2.05, 4.69) is 29.6 Å². The summed E-state index contributed by atoms with van der Waals surface area (Å²) >= 11 is 0. The highest BCUT2D eigenvalue weighted by molar-refractivity contribution is 5.96. The lowest BCUT2D eigenvalue weighted by atomic mass is 10.1. The molecular formula is C23H27N3O4. The smallest absolute Gasteiger partial charge is 0.338 e. The van der Waals surface area contributed by atoms with Crippen molar-refractivity contribution in [3.63, 3.8) is 0 Å². The quantitative estimate of drug-likeness (QED) is 0.542. The van der Waals surface area contributed by atoms with Crippen molar-refractivity contribution in [2.75, 3.05) is 24.6 Å². The minimum Gasteiger partial charge on any atom is -0.452 e. The third-order valence-corrected chi connectivity index (χ3v) is 5.24. The number of rotatable bonds is 7. The van der Waals surface area contributed by atoms with Crippen molar-refractivity contribution in [3.05, 3.63) is 64.7 Å². The number of esters is 1. The number of hydrazine groups is 1. The van der Waals surface area contributed by atoms with Crippen molar-refractivity contribution in [1.29, 1.82) is 0 Å². The van der Waals surface area contributed by atoms with Crippen LogP contribution in [-0.2, 0) is 22.4 Å². The van der Waals surface area contributed by atoms with E-state index in [1.165, 1.54) is 5.56 Å². The first-order chi connectivity index (χ1) is 14.5. The molecule has 2 amide bonds. The summed E-state index contributed by atoms with van der Waals surface area (Å²) in [6.45, 7) is 5.41. The standard InChI is InChI=1S/C23H27N3O4/c1-3-26(4-2)20-12-10-17(11-13-20)22(28)25-24-21(27)15-30-23(29)19-9-8-16-6-5-7-18(16)14-19/h8-14H,3-7,15H2,1-2H3,(H,24,27)(H,25,28). The molecule has 7 nitrogen and oxygen atoms in total. The molecule has 2 N–H and O–H groups in total. The van der Waals surface area contributed by atoms with Gasteiger partial charge in [0.25, 0.3) is 11.8 Å². The van der Waals surface area contributed by atoms with E-state index in [0.717, 1.165) is 43.6 Å². The summed E-state index contributed by atoms with van der Waals surface area (Å²) in [7, 11) is 0. The molecule has 2 aromatic rings. The molecule has 0 atom stereocenters. The normalized spacial score (nSPS) is 12.1. The minimum atomic E-state index is -0.613. The molecule has 1 aliphatic rings. The number of fused-ring (bicyclic) bond motifs is 1. The molecule has 0 fully saturated rings. The Kier molecular flexibility index (Phi) is 7.06. The highest BCUT2D eigenvalue weighted by Gasteiger charge is 2.16. The van der Waals surface area contributed by atoms with Gasteiger partial charge in [-0.1, -0.05) is 6.07 Å². The number of ether oxygens (including phenoxy) is 1. The second kappa shape index (κ2) is 9.91. The molecule has 0 aromatic heterocycles. The van der Waals surface area contributed by atoms with Crippen LogP contribution in [-0.4, -0.2) is 37.5 Å². The Bertz CT molecular complexity index is 921. The molecule has 3 rings (SSSR count). The largest absolute Gasteiger partial charge is 0.452 e. The molecule has 0 heterocycles. The fraction of sp³-hybridized carbons (Fsp3) is 0.348. The van der Waals surface area contributed by atoms with Gasteiger partial charge in [-0.05, 0) is 80.6 Å². The third-order valence-electron chi connectivity index (χ3n) is 5.24. The molecule has 0 saturated heterocycles. The van der Waals surface area contributed by atoms with Crippen molar-refractivity contribution in [3.8, 4) is 0 Å². The summed E-state index contributed by atoms with van der Waals surface area (Å²) in [5, 5.41) is 0. The average Bonchev–Trinajstić information content (AvgIpc) is 3.25. The van der Waals surface area contributed by atoms with E-state index in [-0.39, 0.29) is 0 Å². The van der Waals surface area contributed by atoms with E-state index in [1.54, 1.807) is 18.2 Å². The number of carbonyl (C=O) groups is 3. The molecule has 1 aliphatic carbocycles. The summed E-state index contributed by atoms with van der Waals surface area (Å²) in [4.78, 5) is 38.4. The number of amides is 2. The number of aryl methyl sites for hydroxylation is 2. The molecule has 30 heavy (non-hydrogen) atoms. The maximum atomic E-state index is 12.2. The van der Waals surface area contributed by atoms with Crippen LogP contribution in [0.5, 0.6) is 0 Å². The van der Waals surface area contributed by atoms with Gasteiger partial charge < -0.3 is 9.64 Å². The Labute approximate surface area is 176 Å². The van der Waals surface area contributed by atoms with E-state index in [0.29, 0.717) is 11.1 Å². The summed E-state index contributed by atoms with van der Waals surface area (Å²) < 4.78 is 5.05. The molecule has 0 unspecified atom stereocenters. The van der Waals surface area contributed by atoms with E-state index in [4.69, 9.17) is 4.74 Å². The maximum Gasteiger partial charge on any atom is 0.338 e. The van der Waals surface area contributed by atoms with E-state index in [9.17, 15) is 14.4 Å². The molecule has 0 radical (unpaired) electrons. The first-order valence-electron chi connectivity index (χ1n) is 10.2. The Morgan fingerprint density at radius 2 is 1.57 bits per heavy atom. The Balaban J connectivity index is 1.45. The summed E-state index contributed by atoms with van der Waals surface area (Å²) in [6, 6.07) is 12.6. The van der Waals surface area contributed by atoms with Gasteiger partial charge in [0.05, 0.1) is 5.56 Å². The molecule has 7 heteroatoms. The van der Waals surface area contributed by atoms with Gasteiger partial charge in [0, 0.05) is 24.3 Å². The Hall–Kier alpha value is -3.35. The predicted octanol–water partition coefficient (Wildman–Crippen LogP) is 2.64. The van der Waals surface area contributed by atoms with Crippen LogP contribution in [0.2, 0.25) is 0 Å². The van der Waals surface area contributed by atoms with Crippen LogP contribution in [0.25, 0.3) is 0 Å². The molecule has 0 bridgehead atoms. The Morgan fingerprint density at radius 3 is 2.27 bits per heavy atom. The monoisotopic (exact) mass is 409 g/mol. The van der Waals surface area contributed by atoms with Crippen LogP contribution >= 0.6 is 0 Å². The van der Waals surface area contributed by atoms with Gasteiger partial charge in [-0.2, -0.15) is 0 Å². The lowest BCUT2D eigenvalue weighted by molar-refractivity contribution is -0.125. The number of nitrogens with one attached hydrogen (secondary N) is 2. The van der Waals surface area contributed by atoms with Crippen molar-refractivity contribution < 1.29 is 19.1 Å². The molecule has 158 valence electrons. The lowest BCUT2D eigenvalue weighted by Gasteiger charge is -2.21. The second-order valence-electron chi connectivity index (χ2n) is 7.13. The first-order valence-corrected chi connectivity index (χ1v) is 10.2. The molecule has 0 spiro atoms. The van der Waals surface area contributed by atoms with Crippen LogP contribution in [0.1, 0.15) is 52.1 Å². The first kappa shape index (κ1) is 21.4. The average molecular weight is 409 g/mol. The summed E-state index contributed by atoms with van der Waals surface area (Å²) in [6.07, 6.45) is 3.08. The fourth-order valence-electron chi connectivity index (χ4n) is 3.56. The zero-order valence-electron chi connectivity index (χ0n) is 17.4. The highest BCUT2D eigenvalue weighted by Crippen LogP contribution is 2.23. The van der Waals surface area contributed by atoms with Gasteiger partial charge in [-0.25, -0.2) is 4.79 Å². The second-order valence-corrected chi connectivity index (χ2v) is 7.13. The topological polar surface area (TPSA) is 87.7 Å². The zero-order chi connectivity index (χ0) is 21.5. The fourth-order valence-corrected chi connectivity index (χ4v) is 3.56. The zero-order valence-corrected chi connectivity index (χ0v) is 17.4. The third kappa shape index (κ3) is 5.17. The molecule has 0 aliphatic heterocycles. The maximum absolute atomic E-state index is 12.2. The van der Waals surface area contributed by atoms with Crippen LogP contribution in [0.15, 0.2) is 42.5 Å². The van der Waals surface area contributed by atoms with Crippen LogP contribution in [0, 0.1) is 0 Å². The lowest BCUT2D eigenvalue weighted by Crippen LogP contribution is -2.43. The molecule has 0 saturated carbocycles. The van der Waals surface area contributed by atoms with Gasteiger partial charge in [0.15, 0.2) is 6.61 Å². The van der Waals surface area contributed by atoms with Crippen molar-refractivity contribution in [2.45, 2.75) is 33.1 Å². The Morgan fingerprint density at radius 1 is 0.900 bits per heavy atom. The minimum absolute atomic E-state index is 0.418. The highest BCUT2D eigenvalue weighted by atomic mass is 16.5. The van der Waals surface area contributed by atoms with Crippen LogP contribution < -0.4 is 15.8 Å². The number of benzene rings is 2. The van der Waals surface area contributed by atoms with Gasteiger partial charge in [-0.15, -0.1) is 0 Å². The van der Waals surface area contributed by atoms with E-state index in [1.807, 2.05) is 24.3 Å². The molecular weight excluding hydrogens is 382 g/mol. The number of nitrogens with zero attached hydrogens (tertiary/aromatic N) is 1. The van der Waals surface area contributed by atoms with E-state index < -0.39 is 24.4 Å². The number of hydrogen-bond acceptors (Lipinski definition) is 5. The molecule has 2 aromatic carbocycles. The predicted molar refractivity (Wildman–Crippen MR) is 114 cm³/mol. The van der Waals surface area contributed by atoms with Gasteiger partial charge in [0.1, 0.15) is 0 Å². The SMILES string of the molecule is CCN(CC)c1ccc(C(=O)NNC(=O)COC(=O)c2ccc3c(c2)CCC3)cc1. The van der Waals surface area contributed by atoms with Crippen molar-refractivity contribution >= 4 is 23.5 Å². The van der Waals surface area contributed by atoms with Gasteiger partial charge >= 0.3 is 5.97 Å². The van der Waals surface area contributed by atoms with Crippen molar-refractivity contribution in [1.82, 2.24) is 10.9 Å². The van der Waals surface area contributed by atoms with Crippen LogP contribution in [0.4, 0.5) is 5.69 Å². The van der Waals surface area contributed by atoms with Crippen molar-refractivity contribution in [2.24, 2.45) is 0 Å². The number of hydrogen-bond donors (Lipinski definition) is 2. The van der Waals surface area contributed by atoms with Gasteiger partial charge in [-0.3, -0.25) is 20.4 Å².